The molecule has 2 amide bonds. The van der Waals surface area contributed by atoms with Crippen molar-refractivity contribution in [3.05, 3.63) is 77.0 Å². The fraction of sp³-hybridized carbons (Fsp3) is 0.182. The number of pyridine rings is 2. The van der Waals surface area contributed by atoms with Gasteiger partial charge in [-0.15, -0.1) is 0 Å². The highest BCUT2D eigenvalue weighted by atomic mass is 35.5. The van der Waals surface area contributed by atoms with Gasteiger partial charge in [0.25, 0.3) is 5.91 Å². The van der Waals surface area contributed by atoms with E-state index in [4.69, 9.17) is 16.3 Å². The molecule has 0 radical (unpaired) electrons. The van der Waals surface area contributed by atoms with E-state index in [1.165, 1.54) is 25.4 Å². The van der Waals surface area contributed by atoms with Crippen LogP contribution in [-0.4, -0.2) is 35.6 Å². The number of carbonyl (C=O) groups is 2. The Kier molecular flexibility index (Phi) is 7.15. The highest BCUT2D eigenvalue weighted by molar-refractivity contribution is 6.29. The molecule has 0 aliphatic rings. The summed E-state index contributed by atoms with van der Waals surface area (Å²) in [5, 5.41) is 3.15. The number of carbonyl (C=O) groups excluding carboxylic acids is 2. The molecule has 3 rings (SSSR count). The molecule has 3 aromatic rings. The number of amides is 2. The van der Waals surface area contributed by atoms with Crippen LogP contribution in [0.4, 0.5) is 14.9 Å². The van der Waals surface area contributed by atoms with Crippen LogP contribution in [0.5, 0.6) is 0 Å². The molecule has 0 fully saturated rings. The minimum absolute atomic E-state index is 0.0925. The van der Waals surface area contributed by atoms with E-state index >= 15 is 0 Å². The topological polar surface area (TPSA) is 84.4 Å². The van der Waals surface area contributed by atoms with Crippen molar-refractivity contribution in [1.29, 1.82) is 0 Å². The van der Waals surface area contributed by atoms with E-state index < -0.39 is 11.9 Å². The van der Waals surface area contributed by atoms with Gasteiger partial charge in [-0.3, -0.25) is 14.7 Å². The Hall–Kier alpha value is -3.52. The first-order valence-electron chi connectivity index (χ1n) is 9.44. The first kappa shape index (κ1) is 22.2. The average Bonchev–Trinajstić information content (AvgIpc) is 2.78. The van der Waals surface area contributed by atoms with E-state index in [2.05, 4.69) is 15.3 Å². The fourth-order valence-electron chi connectivity index (χ4n) is 2.75. The highest BCUT2D eigenvalue weighted by Gasteiger charge is 2.17. The van der Waals surface area contributed by atoms with Gasteiger partial charge in [-0.05, 0) is 42.8 Å². The molecule has 2 aromatic heterocycles. The Labute approximate surface area is 183 Å². The molecule has 31 heavy (non-hydrogen) atoms. The van der Waals surface area contributed by atoms with Crippen molar-refractivity contribution in [1.82, 2.24) is 15.3 Å². The fourth-order valence-corrected chi connectivity index (χ4v) is 2.86. The lowest BCUT2D eigenvalue weighted by atomic mass is 10.1. The number of hydrogen-bond acceptors (Lipinski definition) is 5. The number of ether oxygens (including phenoxy) is 1. The minimum atomic E-state index is -0.642. The van der Waals surface area contributed by atoms with Crippen LogP contribution in [-0.2, 0) is 11.3 Å². The molecule has 2 heterocycles. The van der Waals surface area contributed by atoms with Crippen molar-refractivity contribution in [2.24, 2.45) is 0 Å². The number of halogens is 2. The number of aromatic nitrogens is 2. The summed E-state index contributed by atoms with van der Waals surface area (Å²) in [6.07, 6.45) is 2.36. The molecule has 9 heteroatoms. The maximum absolute atomic E-state index is 14.5. The SMILES string of the molecule is CCOC(=O)N(C)c1ccc(-c2ccc(C(=O)NCc3ccc(Cl)nc3)cn2)cc1F. The van der Waals surface area contributed by atoms with E-state index in [0.717, 1.165) is 10.5 Å². The maximum atomic E-state index is 14.5. The maximum Gasteiger partial charge on any atom is 0.414 e. The Morgan fingerprint density at radius 3 is 2.55 bits per heavy atom. The Morgan fingerprint density at radius 1 is 1.13 bits per heavy atom. The van der Waals surface area contributed by atoms with E-state index in [1.807, 2.05) is 0 Å². The van der Waals surface area contributed by atoms with Crippen LogP contribution >= 0.6 is 11.6 Å². The molecule has 0 atom stereocenters. The second-order valence-electron chi connectivity index (χ2n) is 6.53. The smallest absolute Gasteiger partial charge is 0.414 e. The summed E-state index contributed by atoms with van der Waals surface area (Å²) >= 11 is 5.74. The number of rotatable bonds is 6. The normalized spacial score (nSPS) is 10.5. The van der Waals surface area contributed by atoms with Crippen molar-refractivity contribution in [2.75, 3.05) is 18.6 Å². The van der Waals surface area contributed by atoms with Gasteiger partial charge in [0.15, 0.2) is 0 Å². The van der Waals surface area contributed by atoms with E-state index in [0.29, 0.717) is 28.5 Å². The molecule has 0 aliphatic heterocycles. The molecule has 0 bridgehead atoms. The molecule has 160 valence electrons. The van der Waals surface area contributed by atoms with Crippen LogP contribution in [0.15, 0.2) is 54.9 Å². The second kappa shape index (κ2) is 9.99. The van der Waals surface area contributed by atoms with Crippen molar-refractivity contribution in [3.63, 3.8) is 0 Å². The minimum Gasteiger partial charge on any atom is -0.449 e. The summed E-state index contributed by atoms with van der Waals surface area (Å²) in [5.41, 5.74) is 2.27. The zero-order valence-electron chi connectivity index (χ0n) is 16.9. The number of benzene rings is 1. The zero-order chi connectivity index (χ0) is 22.4. The molecule has 0 saturated heterocycles. The van der Waals surface area contributed by atoms with Crippen LogP contribution in [0.25, 0.3) is 11.3 Å². The molecule has 0 spiro atoms. The third-order valence-electron chi connectivity index (χ3n) is 4.41. The lowest BCUT2D eigenvalue weighted by molar-refractivity contribution is 0.0950. The monoisotopic (exact) mass is 442 g/mol. The first-order chi connectivity index (χ1) is 14.9. The van der Waals surface area contributed by atoms with Crippen molar-refractivity contribution < 1.29 is 18.7 Å². The Morgan fingerprint density at radius 2 is 1.94 bits per heavy atom. The summed E-state index contributed by atoms with van der Waals surface area (Å²) in [7, 11) is 1.43. The molecule has 0 aliphatic carbocycles. The lowest BCUT2D eigenvalue weighted by Gasteiger charge is -2.17. The molecule has 0 saturated carbocycles. The van der Waals surface area contributed by atoms with Gasteiger partial charge in [-0.25, -0.2) is 14.2 Å². The van der Waals surface area contributed by atoms with Gasteiger partial charge in [0.1, 0.15) is 11.0 Å². The number of hydrogen-bond donors (Lipinski definition) is 1. The third-order valence-corrected chi connectivity index (χ3v) is 4.64. The Balaban J connectivity index is 1.67. The van der Waals surface area contributed by atoms with Crippen LogP contribution in [0.3, 0.4) is 0 Å². The summed E-state index contributed by atoms with van der Waals surface area (Å²) in [5.74, 6) is -0.889. The molecule has 1 aromatic carbocycles. The van der Waals surface area contributed by atoms with Crippen LogP contribution in [0, 0.1) is 5.82 Å². The van der Waals surface area contributed by atoms with Crippen molar-refractivity contribution in [2.45, 2.75) is 13.5 Å². The molecule has 7 nitrogen and oxygen atoms in total. The van der Waals surface area contributed by atoms with E-state index in [1.54, 1.807) is 43.5 Å². The predicted octanol–water partition coefficient (Wildman–Crippen LogP) is 4.46. The average molecular weight is 443 g/mol. The highest BCUT2D eigenvalue weighted by Crippen LogP contribution is 2.25. The summed E-state index contributed by atoms with van der Waals surface area (Å²) in [4.78, 5) is 33.4. The van der Waals surface area contributed by atoms with Gasteiger partial charge in [0, 0.05) is 31.5 Å². The lowest BCUT2D eigenvalue weighted by Crippen LogP contribution is -2.27. The molecule has 1 N–H and O–H groups in total. The number of nitrogens with zero attached hydrogens (tertiary/aromatic N) is 3. The largest absolute Gasteiger partial charge is 0.449 e. The Bertz CT molecular complexity index is 1080. The summed E-state index contributed by atoms with van der Waals surface area (Å²) < 4.78 is 19.4. The van der Waals surface area contributed by atoms with Crippen LogP contribution < -0.4 is 10.2 Å². The van der Waals surface area contributed by atoms with Gasteiger partial charge in [0.2, 0.25) is 0 Å². The van der Waals surface area contributed by atoms with Crippen LogP contribution in [0.1, 0.15) is 22.8 Å². The van der Waals surface area contributed by atoms with E-state index in [9.17, 15) is 14.0 Å². The second-order valence-corrected chi connectivity index (χ2v) is 6.92. The van der Waals surface area contributed by atoms with Gasteiger partial charge in [0.05, 0.1) is 23.6 Å². The summed E-state index contributed by atoms with van der Waals surface area (Å²) in [6, 6.07) is 11.0. The summed E-state index contributed by atoms with van der Waals surface area (Å²) in [6.45, 7) is 2.17. The first-order valence-corrected chi connectivity index (χ1v) is 9.82. The number of anilines is 1. The van der Waals surface area contributed by atoms with Gasteiger partial charge < -0.3 is 10.1 Å². The number of nitrogens with one attached hydrogen (secondary N) is 1. The van der Waals surface area contributed by atoms with E-state index in [-0.39, 0.29) is 18.2 Å². The van der Waals surface area contributed by atoms with Gasteiger partial charge in [-0.1, -0.05) is 23.7 Å². The molecular formula is C22H20ClFN4O3. The third kappa shape index (κ3) is 5.55. The molecular weight excluding hydrogens is 423 g/mol. The predicted molar refractivity (Wildman–Crippen MR) is 115 cm³/mol. The molecule has 0 unspecified atom stereocenters. The zero-order valence-corrected chi connectivity index (χ0v) is 17.7. The van der Waals surface area contributed by atoms with Gasteiger partial charge >= 0.3 is 6.09 Å². The van der Waals surface area contributed by atoms with Crippen LogP contribution in [0.2, 0.25) is 5.15 Å². The standard InChI is InChI=1S/C22H20ClFN4O3/c1-3-31-22(30)28(2)19-8-6-15(10-17(19)24)18-7-5-16(13-25-18)21(29)27-12-14-4-9-20(23)26-11-14/h4-11,13H,3,12H2,1-2H3,(H,27,29). The van der Waals surface area contributed by atoms with Crippen molar-refractivity contribution in [3.8, 4) is 11.3 Å². The van der Waals surface area contributed by atoms with Crippen molar-refractivity contribution >= 4 is 29.3 Å². The van der Waals surface area contributed by atoms with Gasteiger partial charge in [-0.2, -0.15) is 0 Å². The quantitative estimate of drug-likeness (QED) is 0.570.